The van der Waals surface area contributed by atoms with Gasteiger partial charge in [-0.15, -0.1) is 11.3 Å². The Kier molecular flexibility index (Phi) is 6.83. The van der Waals surface area contributed by atoms with Gasteiger partial charge in [-0.05, 0) is 61.9 Å². The Morgan fingerprint density at radius 1 is 1.23 bits per heavy atom. The highest BCUT2D eigenvalue weighted by Gasteiger charge is 2.24. The second kappa shape index (κ2) is 9.56. The van der Waals surface area contributed by atoms with Crippen molar-refractivity contribution in [2.75, 3.05) is 19.5 Å². The smallest absolute Gasteiger partial charge is 0.139 e. The van der Waals surface area contributed by atoms with Gasteiger partial charge in [-0.25, -0.2) is 4.98 Å². The van der Waals surface area contributed by atoms with Crippen molar-refractivity contribution < 1.29 is 14.1 Å². The summed E-state index contributed by atoms with van der Waals surface area (Å²) >= 11 is 1.51. The van der Waals surface area contributed by atoms with Gasteiger partial charge in [-0.3, -0.25) is 4.21 Å². The summed E-state index contributed by atoms with van der Waals surface area (Å²) in [5.74, 6) is 0.856. The van der Waals surface area contributed by atoms with Crippen LogP contribution in [0.2, 0.25) is 0 Å². The maximum Gasteiger partial charge on any atom is 0.139 e. The second-order valence-corrected chi connectivity index (χ2v) is 10.4. The van der Waals surface area contributed by atoms with Crippen molar-refractivity contribution in [2.45, 2.75) is 43.1 Å². The molecule has 160 valence electrons. The Labute approximate surface area is 184 Å². The molecule has 0 saturated carbocycles. The van der Waals surface area contributed by atoms with Crippen LogP contribution < -0.4 is 0 Å². The Morgan fingerprint density at radius 3 is 2.60 bits per heavy atom. The van der Waals surface area contributed by atoms with Crippen LogP contribution in [0.1, 0.15) is 54.3 Å². The van der Waals surface area contributed by atoms with E-state index in [2.05, 4.69) is 34.2 Å². The first-order valence-electron chi connectivity index (χ1n) is 10.4. The number of aliphatic hydroxyl groups is 1. The predicted molar refractivity (Wildman–Crippen MR) is 121 cm³/mol. The molecule has 1 aliphatic rings. The summed E-state index contributed by atoms with van der Waals surface area (Å²) in [6, 6.07) is 12.4. The van der Waals surface area contributed by atoms with Crippen LogP contribution in [0.4, 0.5) is 0 Å². The number of thiazole rings is 1. The van der Waals surface area contributed by atoms with Crippen molar-refractivity contribution >= 4 is 22.1 Å². The van der Waals surface area contributed by atoms with Gasteiger partial charge in [0, 0.05) is 53.0 Å². The minimum atomic E-state index is -0.975. The Bertz CT molecular complexity index is 988. The van der Waals surface area contributed by atoms with Gasteiger partial charge in [0.15, 0.2) is 0 Å². The van der Waals surface area contributed by atoms with E-state index in [0.717, 1.165) is 58.6 Å². The third-order valence-corrected chi connectivity index (χ3v) is 7.91. The number of hydrogen-bond donors (Lipinski definition) is 2. The van der Waals surface area contributed by atoms with Crippen molar-refractivity contribution in [3.05, 3.63) is 58.7 Å². The fraction of sp³-hybridized carbons (Fsp3) is 0.435. The van der Waals surface area contributed by atoms with Gasteiger partial charge in [0.25, 0.3) is 0 Å². The average Bonchev–Trinajstić information content (AvgIpc) is 3.43. The van der Waals surface area contributed by atoms with E-state index in [1.54, 1.807) is 19.4 Å². The zero-order chi connectivity index (χ0) is 21.1. The van der Waals surface area contributed by atoms with Crippen LogP contribution in [-0.2, 0) is 15.5 Å². The number of nitrogens with zero attached hydrogens (tertiary/aromatic N) is 1. The highest BCUT2D eigenvalue weighted by molar-refractivity contribution is 7.84. The lowest BCUT2D eigenvalue weighted by Gasteiger charge is -2.26. The van der Waals surface area contributed by atoms with Crippen LogP contribution in [0, 0.1) is 5.92 Å². The van der Waals surface area contributed by atoms with Crippen LogP contribution in [0.3, 0.4) is 0 Å². The summed E-state index contributed by atoms with van der Waals surface area (Å²) in [7, 11) is -0.975. The van der Waals surface area contributed by atoms with E-state index in [-0.39, 0.29) is 5.92 Å². The number of H-pyrrole nitrogens is 1. The Balaban J connectivity index is 1.63. The lowest BCUT2D eigenvalue weighted by molar-refractivity contribution is 0.0626. The van der Waals surface area contributed by atoms with Gasteiger partial charge in [0.05, 0.1) is 16.7 Å². The minimum Gasteiger partial charge on any atom is -0.388 e. The maximum absolute atomic E-state index is 11.8. The molecule has 1 fully saturated rings. The topological polar surface area (TPSA) is 75.2 Å². The molecule has 5 nitrogen and oxygen atoms in total. The van der Waals surface area contributed by atoms with E-state index in [1.165, 1.54) is 16.9 Å². The summed E-state index contributed by atoms with van der Waals surface area (Å²) < 4.78 is 17.3. The molecule has 7 heteroatoms. The normalized spacial score (nSPS) is 18.2. The molecule has 0 radical (unpaired) electrons. The molecule has 2 aromatic heterocycles. The second-order valence-electron chi connectivity index (χ2n) is 7.94. The molecule has 1 aliphatic heterocycles. The number of hydrogen-bond acceptors (Lipinski definition) is 5. The first-order chi connectivity index (χ1) is 14.5. The fourth-order valence-corrected chi connectivity index (χ4v) is 5.35. The third-order valence-electron chi connectivity index (χ3n) is 5.77. The molecule has 3 aromatic rings. The number of aromatic nitrogens is 2. The molecule has 2 N–H and O–H groups in total. The van der Waals surface area contributed by atoms with Crippen molar-refractivity contribution in [2.24, 2.45) is 5.92 Å². The van der Waals surface area contributed by atoms with E-state index in [1.807, 2.05) is 12.1 Å². The Morgan fingerprint density at radius 2 is 1.97 bits per heavy atom. The summed E-state index contributed by atoms with van der Waals surface area (Å²) in [6.07, 6.45) is 6.18. The molecule has 3 heterocycles. The third kappa shape index (κ3) is 4.91. The van der Waals surface area contributed by atoms with Crippen molar-refractivity contribution in [3.63, 3.8) is 0 Å². The molecule has 0 bridgehead atoms. The molecular formula is C23H28N2O3S2. The molecular weight excluding hydrogens is 416 g/mol. The van der Waals surface area contributed by atoms with Gasteiger partial charge in [0.1, 0.15) is 5.01 Å². The van der Waals surface area contributed by atoms with Crippen LogP contribution in [0.5, 0.6) is 0 Å². The van der Waals surface area contributed by atoms with Crippen LogP contribution in [-0.4, -0.2) is 38.8 Å². The minimum absolute atomic E-state index is 0.234. The number of ether oxygens (including phenoxy) is 1. The van der Waals surface area contributed by atoms with Gasteiger partial charge in [-0.2, -0.15) is 0 Å². The SMILES string of the molecule is CC(O)c1cnc(-c2ccc(C(CC3CCOCC3)c3ccc(S(C)=O)cc3)[nH]2)s1. The number of aromatic amines is 1. The quantitative estimate of drug-likeness (QED) is 0.545. The number of aliphatic hydroxyl groups excluding tert-OH is 1. The van der Waals surface area contributed by atoms with E-state index in [9.17, 15) is 9.32 Å². The number of nitrogens with one attached hydrogen (secondary N) is 1. The zero-order valence-electron chi connectivity index (χ0n) is 17.3. The van der Waals surface area contributed by atoms with E-state index < -0.39 is 16.9 Å². The summed E-state index contributed by atoms with van der Waals surface area (Å²) in [6.45, 7) is 3.43. The van der Waals surface area contributed by atoms with Crippen molar-refractivity contribution in [1.82, 2.24) is 9.97 Å². The molecule has 3 atom stereocenters. The predicted octanol–water partition coefficient (Wildman–Crippen LogP) is 4.88. The molecule has 0 amide bonds. The monoisotopic (exact) mass is 444 g/mol. The largest absolute Gasteiger partial charge is 0.388 e. The standard InChI is InChI=1S/C23H28N2O3S2/c1-15(26)22-14-24-23(29-22)21-8-7-20(25-21)19(13-16-9-11-28-12-10-16)17-3-5-18(6-4-17)30(2)27/h3-8,14-16,19,25-26H,9-13H2,1-2H3. The van der Waals surface area contributed by atoms with E-state index in [4.69, 9.17) is 4.74 Å². The summed E-state index contributed by atoms with van der Waals surface area (Å²) in [5.41, 5.74) is 3.37. The number of benzene rings is 1. The lowest BCUT2D eigenvalue weighted by Crippen LogP contribution is -2.18. The molecule has 4 rings (SSSR count). The zero-order valence-corrected chi connectivity index (χ0v) is 19.0. The molecule has 30 heavy (non-hydrogen) atoms. The van der Waals surface area contributed by atoms with Crippen molar-refractivity contribution in [3.8, 4) is 10.7 Å². The van der Waals surface area contributed by atoms with E-state index in [0.29, 0.717) is 5.92 Å². The molecule has 1 saturated heterocycles. The number of rotatable bonds is 7. The van der Waals surface area contributed by atoms with Gasteiger partial charge < -0.3 is 14.8 Å². The molecule has 0 aliphatic carbocycles. The average molecular weight is 445 g/mol. The van der Waals surface area contributed by atoms with Crippen LogP contribution >= 0.6 is 11.3 Å². The summed E-state index contributed by atoms with van der Waals surface area (Å²) in [5, 5.41) is 10.7. The highest BCUT2D eigenvalue weighted by atomic mass is 32.2. The molecule has 0 spiro atoms. The van der Waals surface area contributed by atoms with Crippen molar-refractivity contribution in [1.29, 1.82) is 0 Å². The van der Waals surface area contributed by atoms with E-state index >= 15 is 0 Å². The summed E-state index contributed by atoms with van der Waals surface area (Å²) in [4.78, 5) is 9.77. The first kappa shape index (κ1) is 21.4. The van der Waals surface area contributed by atoms with Crippen LogP contribution in [0.15, 0.2) is 47.5 Å². The fourth-order valence-electron chi connectivity index (χ4n) is 3.99. The first-order valence-corrected chi connectivity index (χ1v) is 12.7. The highest BCUT2D eigenvalue weighted by Crippen LogP contribution is 2.36. The Hall–Kier alpha value is -1.80. The lowest BCUT2D eigenvalue weighted by atomic mass is 9.83. The maximum atomic E-state index is 11.8. The van der Waals surface area contributed by atoms with Gasteiger partial charge in [0.2, 0.25) is 0 Å². The molecule has 1 aromatic carbocycles. The van der Waals surface area contributed by atoms with Gasteiger partial charge >= 0.3 is 0 Å². The van der Waals surface area contributed by atoms with Gasteiger partial charge in [-0.1, -0.05) is 12.1 Å². The molecule has 3 unspecified atom stereocenters. The van der Waals surface area contributed by atoms with Crippen LogP contribution in [0.25, 0.3) is 10.7 Å².